The Morgan fingerprint density at radius 1 is 1.62 bits per heavy atom. The largest absolute Gasteiger partial charge is 0.305 e. The molecule has 0 aliphatic heterocycles. The van der Waals surface area contributed by atoms with E-state index in [1.54, 1.807) is 0 Å². The molecule has 0 heterocycles. The molecule has 0 atom stereocenters. The van der Waals surface area contributed by atoms with Crippen LogP contribution in [0.2, 0.25) is 0 Å². The van der Waals surface area contributed by atoms with Crippen molar-refractivity contribution < 1.29 is 9.31 Å². The topological polar surface area (TPSA) is 43.1 Å². The van der Waals surface area contributed by atoms with Gasteiger partial charge in [-0.2, -0.15) is 4.39 Å². The van der Waals surface area contributed by atoms with E-state index in [2.05, 4.69) is 15.9 Å². The molecule has 0 amide bonds. The minimum Gasteiger partial charge on any atom is -0.258 e. The van der Waals surface area contributed by atoms with Gasteiger partial charge in [0.2, 0.25) is 5.82 Å². The summed E-state index contributed by atoms with van der Waals surface area (Å²) in [6, 6.07) is 3.89. The van der Waals surface area contributed by atoms with Gasteiger partial charge in [-0.1, -0.05) is 40.6 Å². The molecule has 1 rings (SSSR count). The Balaban J connectivity index is 3.12. The second-order valence-electron chi connectivity index (χ2n) is 3.26. The Kier molecular flexibility index (Phi) is 4.61. The Morgan fingerprint density at radius 2 is 2.31 bits per heavy atom. The van der Waals surface area contributed by atoms with Crippen molar-refractivity contribution in [3.63, 3.8) is 0 Å². The van der Waals surface area contributed by atoms with E-state index in [9.17, 15) is 14.5 Å². The van der Waals surface area contributed by atoms with Crippen LogP contribution in [0.15, 0.2) is 23.8 Å². The van der Waals surface area contributed by atoms with Crippen molar-refractivity contribution in [2.45, 2.75) is 13.3 Å². The Bertz CT molecular complexity index is 426. The van der Waals surface area contributed by atoms with Gasteiger partial charge in [0.15, 0.2) is 0 Å². The van der Waals surface area contributed by atoms with Crippen LogP contribution in [0.3, 0.4) is 0 Å². The van der Waals surface area contributed by atoms with Crippen molar-refractivity contribution >= 4 is 27.7 Å². The molecule has 0 saturated heterocycles. The standard InChI is InChI=1S/C11H11BrFNO2/c1-2-8(7-12)5-9-3-4-10(13)11(6-9)14(15)16/h3-6H,2,7H2,1H3/b8-5-. The van der Waals surface area contributed by atoms with Crippen molar-refractivity contribution in [2.24, 2.45) is 0 Å². The van der Waals surface area contributed by atoms with E-state index >= 15 is 0 Å². The molecule has 1 aromatic rings. The molecule has 0 spiro atoms. The maximum atomic E-state index is 13.0. The zero-order chi connectivity index (χ0) is 12.1. The van der Waals surface area contributed by atoms with Crippen molar-refractivity contribution in [1.29, 1.82) is 0 Å². The van der Waals surface area contributed by atoms with Gasteiger partial charge in [0.05, 0.1) is 4.92 Å². The summed E-state index contributed by atoms with van der Waals surface area (Å²) >= 11 is 3.32. The monoisotopic (exact) mass is 287 g/mol. The average molecular weight is 288 g/mol. The lowest BCUT2D eigenvalue weighted by atomic mass is 10.1. The van der Waals surface area contributed by atoms with Crippen LogP contribution < -0.4 is 0 Å². The first kappa shape index (κ1) is 12.8. The highest BCUT2D eigenvalue weighted by atomic mass is 79.9. The molecule has 1 aromatic carbocycles. The van der Waals surface area contributed by atoms with Gasteiger partial charge in [-0.15, -0.1) is 0 Å². The molecule has 0 aliphatic carbocycles. The predicted molar refractivity (Wildman–Crippen MR) is 65.1 cm³/mol. The van der Waals surface area contributed by atoms with Crippen LogP contribution in [0.4, 0.5) is 10.1 Å². The number of nitro benzene ring substituents is 1. The zero-order valence-corrected chi connectivity index (χ0v) is 10.3. The van der Waals surface area contributed by atoms with Gasteiger partial charge in [0.1, 0.15) is 0 Å². The summed E-state index contributed by atoms with van der Waals surface area (Å²) in [6.07, 6.45) is 2.66. The Hall–Kier alpha value is -1.23. The number of benzene rings is 1. The fraction of sp³-hybridized carbons (Fsp3) is 0.273. The van der Waals surface area contributed by atoms with Crippen molar-refractivity contribution in [3.8, 4) is 0 Å². The molecule has 0 N–H and O–H groups in total. The summed E-state index contributed by atoms with van der Waals surface area (Å²) in [6.45, 7) is 1.99. The molecule has 0 fully saturated rings. The first-order valence-electron chi connectivity index (χ1n) is 4.77. The molecule has 0 aromatic heterocycles. The smallest absolute Gasteiger partial charge is 0.258 e. The molecule has 0 saturated carbocycles. The third-order valence-corrected chi connectivity index (χ3v) is 2.88. The van der Waals surface area contributed by atoms with Crippen LogP contribution in [-0.4, -0.2) is 10.3 Å². The summed E-state index contributed by atoms with van der Waals surface area (Å²) in [5, 5.41) is 11.2. The van der Waals surface area contributed by atoms with Crippen LogP contribution in [0, 0.1) is 15.9 Å². The Morgan fingerprint density at radius 3 is 2.81 bits per heavy atom. The predicted octanol–water partition coefficient (Wildman–Crippen LogP) is 3.92. The first-order chi connectivity index (χ1) is 7.58. The lowest BCUT2D eigenvalue weighted by Crippen LogP contribution is -1.93. The van der Waals surface area contributed by atoms with Crippen molar-refractivity contribution in [3.05, 3.63) is 45.3 Å². The highest BCUT2D eigenvalue weighted by Gasteiger charge is 2.13. The number of allylic oxidation sites excluding steroid dienone is 1. The fourth-order valence-corrected chi connectivity index (χ4v) is 1.79. The van der Waals surface area contributed by atoms with Gasteiger partial charge >= 0.3 is 5.69 Å². The SMILES string of the molecule is CC/C(=C/c1ccc(F)c([N+](=O)[O-])c1)CBr. The van der Waals surface area contributed by atoms with Gasteiger partial charge in [-0.25, -0.2) is 0 Å². The number of hydrogen-bond donors (Lipinski definition) is 0. The van der Waals surface area contributed by atoms with Crippen LogP contribution in [0.1, 0.15) is 18.9 Å². The van der Waals surface area contributed by atoms with Crippen molar-refractivity contribution in [1.82, 2.24) is 0 Å². The summed E-state index contributed by atoms with van der Waals surface area (Å²) in [4.78, 5) is 9.82. The molecule has 86 valence electrons. The summed E-state index contributed by atoms with van der Waals surface area (Å²) in [5.74, 6) is -0.806. The second-order valence-corrected chi connectivity index (χ2v) is 3.82. The fourth-order valence-electron chi connectivity index (χ4n) is 1.23. The summed E-state index contributed by atoms with van der Waals surface area (Å²) < 4.78 is 13.0. The average Bonchev–Trinajstić information content (AvgIpc) is 2.27. The molecule has 0 unspecified atom stereocenters. The molecule has 3 nitrogen and oxygen atoms in total. The highest BCUT2D eigenvalue weighted by Crippen LogP contribution is 2.21. The number of nitro groups is 1. The quantitative estimate of drug-likeness (QED) is 0.478. The van der Waals surface area contributed by atoms with Gasteiger partial charge in [-0.05, 0) is 18.1 Å². The molecule has 0 aliphatic rings. The molecule has 0 radical (unpaired) electrons. The number of halogens is 2. The normalized spacial score (nSPS) is 11.6. The third kappa shape index (κ3) is 3.13. The Labute approximate surface area is 101 Å². The van der Waals surface area contributed by atoms with E-state index < -0.39 is 16.4 Å². The molecular formula is C11H11BrFNO2. The van der Waals surface area contributed by atoms with E-state index in [1.165, 1.54) is 12.1 Å². The number of alkyl halides is 1. The molecule has 0 bridgehead atoms. The molecular weight excluding hydrogens is 277 g/mol. The lowest BCUT2D eigenvalue weighted by Gasteiger charge is -2.00. The maximum Gasteiger partial charge on any atom is 0.305 e. The van der Waals surface area contributed by atoms with Crippen LogP contribution in [0.5, 0.6) is 0 Å². The highest BCUT2D eigenvalue weighted by molar-refractivity contribution is 9.09. The second kappa shape index (κ2) is 5.75. The minimum absolute atomic E-state index is 0.487. The van der Waals surface area contributed by atoms with E-state index in [0.29, 0.717) is 10.9 Å². The minimum atomic E-state index is -0.806. The van der Waals surface area contributed by atoms with Gasteiger partial charge < -0.3 is 0 Å². The van der Waals surface area contributed by atoms with E-state index in [4.69, 9.17) is 0 Å². The van der Waals surface area contributed by atoms with Crippen LogP contribution in [0.25, 0.3) is 6.08 Å². The van der Waals surface area contributed by atoms with Crippen LogP contribution >= 0.6 is 15.9 Å². The first-order valence-corrected chi connectivity index (χ1v) is 5.90. The maximum absolute atomic E-state index is 13.0. The van der Waals surface area contributed by atoms with E-state index in [-0.39, 0.29) is 0 Å². The van der Waals surface area contributed by atoms with Crippen molar-refractivity contribution in [2.75, 3.05) is 5.33 Å². The molecule has 5 heteroatoms. The van der Waals surface area contributed by atoms with Crippen LogP contribution in [-0.2, 0) is 0 Å². The van der Waals surface area contributed by atoms with Gasteiger partial charge in [-0.3, -0.25) is 10.1 Å². The third-order valence-electron chi connectivity index (χ3n) is 2.16. The number of nitrogens with zero attached hydrogens (tertiary/aromatic N) is 1. The van der Waals surface area contributed by atoms with Gasteiger partial charge in [0, 0.05) is 11.4 Å². The number of rotatable bonds is 4. The molecule has 16 heavy (non-hydrogen) atoms. The summed E-state index contributed by atoms with van der Waals surface area (Å²) in [7, 11) is 0. The van der Waals surface area contributed by atoms with E-state index in [1.807, 2.05) is 13.0 Å². The summed E-state index contributed by atoms with van der Waals surface area (Å²) in [5.41, 5.74) is 1.25. The lowest BCUT2D eigenvalue weighted by molar-refractivity contribution is -0.387. The zero-order valence-electron chi connectivity index (χ0n) is 8.74. The van der Waals surface area contributed by atoms with Gasteiger partial charge in [0.25, 0.3) is 0 Å². The van der Waals surface area contributed by atoms with E-state index in [0.717, 1.165) is 18.1 Å². The number of hydrogen-bond acceptors (Lipinski definition) is 2.